The van der Waals surface area contributed by atoms with Crippen LogP contribution in [0.2, 0.25) is 5.02 Å². The molecule has 0 heterocycles. The molecule has 0 amide bonds. The van der Waals surface area contributed by atoms with Crippen LogP contribution < -0.4 is 5.73 Å². The highest BCUT2D eigenvalue weighted by atomic mass is 35.5. The summed E-state index contributed by atoms with van der Waals surface area (Å²) in [6.45, 7) is 2.51. The summed E-state index contributed by atoms with van der Waals surface area (Å²) in [5.74, 6) is -0.264. The molecule has 3 heteroatoms. The van der Waals surface area contributed by atoms with Gasteiger partial charge in [-0.05, 0) is 43.0 Å². The molecule has 0 spiro atoms. The Morgan fingerprint density at radius 2 is 2.13 bits per heavy atom. The van der Waals surface area contributed by atoms with E-state index in [0.29, 0.717) is 11.6 Å². The molecular weight excluding hydrogens is 213 g/mol. The van der Waals surface area contributed by atoms with Crippen molar-refractivity contribution in [2.75, 3.05) is 6.54 Å². The molecule has 1 saturated carbocycles. The zero-order chi connectivity index (χ0) is 11.1. The second-order valence-electron chi connectivity index (χ2n) is 4.40. The van der Waals surface area contributed by atoms with Crippen LogP contribution in [0.5, 0.6) is 0 Å². The summed E-state index contributed by atoms with van der Waals surface area (Å²) in [5.41, 5.74) is 7.76. The molecule has 0 saturated heterocycles. The molecule has 2 N–H and O–H groups in total. The van der Waals surface area contributed by atoms with E-state index in [2.05, 4.69) is 0 Å². The van der Waals surface area contributed by atoms with Gasteiger partial charge >= 0.3 is 0 Å². The number of halogens is 2. The molecule has 0 aromatic heterocycles. The highest BCUT2D eigenvalue weighted by molar-refractivity contribution is 6.31. The molecule has 1 fully saturated rings. The molecule has 0 atom stereocenters. The van der Waals surface area contributed by atoms with Crippen LogP contribution in [0.15, 0.2) is 12.1 Å². The Morgan fingerprint density at radius 1 is 1.47 bits per heavy atom. The van der Waals surface area contributed by atoms with Gasteiger partial charge in [-0.1, -0.05) is 18.0 Å². The van der Waals surface area contributed by atoms with Crippen molar-refractivity contribution in [1.29, 1.82) is 0 Å². The van der Waals surface area contributed by atoms with Crippen LogP contribution in [0.25, 0.3) is 0 Å². The van der Waals surface area contributed by atoms with E-state index in [4.69, 9.17) is 17.3 Å². The summed E-state index contributed by atoms with van der Waals surface area (Å²) in [6, 6.07) is 2.95. The molecule has 2 rings (SSSR count). The molecule has 0 aliphatic heterocycles. The first-order valence-electron chi connectivity index (χ1n) is 5.25. The van der Waals surface area contributed by atoms with Gasteiger partial charge in [0.2, 0.25) is 0 Å². The van der Waals surface area contributed by atoms with Gasteiger partial charge in [0, 0.05) is 17.0 Å². The van der Waals surface area contributed by atoms with Gasteiger partial charge in [0.15, 0.2) is 0 Å². The molecule has 1 nitrogen and oxygen atoms in total. The van der Waals surface area contributed by atoms with Crippen LogP contribution in [0.4, 0.5) is 4.39 Å². The summed E-state index contributed by atoms with van der Waals surface area (Å²) in [4.78, 5) is 0. The summed E-state index contributed by atoms with van der Waals surface area (Å²) >= 11 is 5.98. The second kappa shape index (κ2) is 3.76. The Hall–Kier alpha value is -0.600. The van der Waals surface area contributed by atoms with Gasteiger partial charge in [-0.3, -0.25) is 0 Å². The lowest BCUT2D eigenvalue weighted by atomic mass is 9.63. The molecule has 0 unspecified atom stereocenters. The maximum absolute atomic E-state index is 13.3. The smallest absolute Gasteiger partial charge is 0.125 e. The van der Waals surface area contributed by atoms with Crippen molar-refractivity contribution in [2.24, 2.45) is 5.73 Å². The van der Waals surface area contributed by atoms with Gasteiger partial charge in [-0.25, -0.2) is 4.39 Å². The number of benzene rings is 1. The number of rotatable bonds is 2. The van der Waals surface area contributed by atoms with Crippen LogP contribution in [0.1, 0.15) is 30.4 Å². The SMILES string of the molecule is Cc1c(Cl)cc(F)cc1C1(CN)CCC1. The Bertz CT molecular complexity index is 380. The summed E-state index contributed by atoms with van der Waals surface area (Å²) in [7, 11) is 0. The first kappa shape index (κ1) is 10.9. The van der Waals surface area contributed by atoms with Crippen molar-refractivity contribution in [3.8, 4) is 0 Å². The van der Waals surface area contributed by atoms with Gasteiger partial charge in [-0.15, -0.1) is 0 Å². The second-order valence-corrected chi connectivity index (χ2v) is 4.81. The van der Waals surface area contributed by atoms with Crippen molar-refractivity contribution in [1.82, 2.24) is 0 Å². The van der Waals surface area contributed by atoms with E-state index in [1.165, 1.54) is 12.5 Å². The van der Waals surface area contributed by atoms with Crippen LogP contribution >= 0.6 is 11.6 Å². The van der Waals surface area contributed by atoms with Crippen LogP contribution in [-0.2, 0) is 5.41 Å². The van der Waals surface area contributed by atoms with E-state index in [0.717, 1.165) is 24.0 Å². The normalized spacial score (nSPS) is 18.7. The maximum Gasteiger partial charge on any atom is 0.125 e. The van der Waals surface area contributed by atoms with Crippen molar-refractivity contribution in [2.45, 2.75) is 31.6 Å². The zero-order valence-electron chi connectivity index (χ0n) is 8.82. The quantitative estimate of drug-likeness (QED) is 0.825. The molecule has 1 aromatic carbocycles. The van der Waals surface area contributed by atoms with Crippen LogP contribution in [0, 0.1) is 12.7 Å². The first-order chi connectivity index (χ1) is 7.09. The summed E-state index contributed by atoms with van der Waals surface area (Å²) in [5, 5.41) is 0.504. The minimum absolute atomic E-state index is 0.0180. The van der Waals surface area contributed by atoms with Crippen molar-refractivity contribution < 1.29 is 4.39 Å². The largest absolute Gasteiger partial charge is 0.330 e. The Morgan fingerprint density at radius 3 is 2.60 bits per heavy atom. The van der Waals surface area contributed by atoms with E-state index in [1.807, 2.05) is 6.92 Å². The average Bonchev–Trinajstić information content (AvgIpc) is 2.12. The minimum Gasteiger partial charge on any atom is -0.330 e. The highest BCUT2D eigenvalue weighted by Crippen LogP contribution is 2.45. The first-order valence-corrected chi connectivity index (χ1v) is 5.63. The standard InChI is InChI=1S/C12H15ClFN/c1-8-10(5-9(14)6-11(8)13)12(7-15)3-2-4-12/h5-6H,2-4,7,15H2,1H3. The maximum atomic E-state index is 13.3. The van der Waals surface area contributed by atoms with E-state index >= 15 is 0 Å². The number of hydrogen-bond donors (Lipinski definition) is 1. The molecule has 1 aliphatic carbocycles. The van der Waals surface area contributed by atoms with Crippen molar-refractivity contribution in [3.63, 3.8) is 0 Å². The molecule has 0 radical (unpaired) electrons. The zero-order valence-corrected chi connectivity index (χ0v) is 9.57. The fraction of sp³-hybridized carbons (Fsp3) is 0.500. The van der Waals surface area contributed by atoms with Crippen molar-refractivity contribution >= 4 is 11.6 Å². The van der Waals surface area contributed by atoms with Crippen LogP contribution in [-0.4, -0.2) is 6.54 Å². The molecule has 0 bridgehead atoms. The molecule has 1 aromatic rings. The molecule has 1 aliphatic rings. The van der Waals surface area contributed by atoms with Crippen molar-refractivity contribution in [3.05, 3.63) is 34.1 Å². The van der Waals surface area contributed by atoms with Gasteiger partial charge in [0.25, 0.3) is 0 Å². The van der Waals surface area contributed by atoms with E-state index in [9.17, 15) is 4.39 Å². The average molecular weight is 228 g/mol. The van der Waals surface area contributed by atoms with Gasteiger partial charge in [0.1, 0.15) is 5.82 Å². The van der Waals surface area contributed by atoms with E-state index in [1.54, 1.807) is 6.07 Å². The third-order valence-electron chi connectivity index (χ3n) is 3.58. The fourth-order valence-electron chi connectivity index (χ4n) is 2.38. The lowest BCUT2D eigenvalue weighted by Crippen LogP contribution is -2.42. The van der Waals surface area contributed by atoms with E-state index < -0.39 is 0 Å². The predicted molar refractivity (Wildman–Crippen MR) is 60.7 cm³/mol. The van der Waals surface area contributed by atoms with Gasteiger partial charge in [-0.2, -0.15) is 0 Å². The minimum atomic E-state index is -0.264. The topological polar surface area (TPSA) is 26.0 Å². The van der Waals surface area contributed by atoms with Gasteiger partial charge < -0.3 is 5.73 Å². The van der Waals surface area contributed by atoms with Gasteiger partial charge in [0.05, 0.1) is 0 Å². The molecule has 82 valence electrons. The van der Waals surface area contributed by atoms with E-state index in [-0.39, 0.29) is 11.2 Å². The lowest BCUT2D eigenvalue weighted by Gasteiger charge is -2.42. The third kappa shape index (κ3) is 1.66. The Labute approximate surface area is 94.4 Å². The molecule has 15 heavy (non-hydrogen) atoms. The third-order valence-corrected chi connectivity index (χ3v) is 3.97. The lowest BCUT2D eigenvalue weighted by molar-refractivity contribution is 0.251. The number of hydrogen-bond acceptors (Lipinski definition) is 1. The number of nitrogens with two attached hydrogens (primary N) is 1. The highest BCUT2D eigenvalue weighted by Gasteiger charge is 2.38. The summed E-state index contributed by atoms with van der Waals surface area (Å²) < 4.78 is 13.3. The monoisotopic (exact) mass is 227 g/mol. The Kier molecular flexibility index (Phi) is 2.73. The molecular formula is C12H15ClFN. The Balaban J connectivity index is 2.51. The predicted octanol–water partition coefficient (Wildman–Crippen LogP) is 3.17. The van der Waals surface area contributed by atoms with Crippen LogP contribution in [0.3, 0.4) is 0 Å². The fourth-order valence-corrected chi connectivity index (χ4v) is 2.59. The summed E-state index contributed by atoms with van der Waals surface area (Å²) in [6.07, 6.45) is 3.26.